The number of rotatable bonds is 4. The molecule has 0 bridgehead atoms. The fraction of sp³-hybridized carbons (Fsp3) is 0.471. The van der Waals surface area contributed by atoms with E-state index in [4.69, 9.17) is 0 Å². The van der Waals surface area contributed by atoms with E-state index >= 15 is 0 Å². The fourth-order valence-corrected chi connectivity index (χ4v) is 3.92. The summed E-state index contributed by atoms with van der Waals surface area (Å²) in [6.07, 6.45) is 2.48. The maximum atomic E-state index is 12.0. The number of nitrogens with zero attached hydrogens (tertiary/aromatic N) is 1. The second-order valence-electron chi connectivity index (χ2n) is 6.59. The fourth-order valence-electron chi connectivity index (χ4n) is 3.92. The molecule has 0 unspecified atom stereocenters. The number of aliphatic carboxylic acids is 1. The third kappa shape index (κ3) is 4.11. The number of likely N-dealkylation sites (tertiary alicyclic amines) is 1. The van der Waals surface area contributed by atoms with E-state index in [1.54, 1.807) is 24.3 Å². The van der Waals surface area contributed by atoms with Gasteiger partial charge in [0.2, 0.25) is 5.91 Å². The number of nitrogens with one attached hydrogen (secondary N) is 2. The van der Waals surface area contributed by atoms with Crippen LogP contribution in [-0.4, -0.2) is 47.5 Å². The van der Waals surface area contributed by atoms with Gasteiger partial charge in [0, 0.05) is 18.8 Å². The second kappa shape index (κ2) is 7.84. The number of hydrogen-bond donors (Lipinski definition) is 3. The first kappa shape index (κ1) is 19.2. The summed E-state index contributed by atoms with van der Waals surface area (Å²) in [7, 11) is 0. The highest BCUT2D eigenvalue weighted by Crippen LogP contribution is 2.48. The number of carboxylic acid groups (broad SMARTS) is 1. The lowest BCUT2D eigenvalue weighted by molar-refractivity contribution is -0.149. The van der Waals surface area contributed by atoms with E-state index < -0.39 is 23.3 Å². The molecule has 1 heterocycles. The summed E-state index contributed by atoms with van der Waals surface area (Å²) in [5, 5.41) is 14.4. The molecule has 0 spiro atoms. The standard InChI is InChI=1S/C17H21N3O4.ClH/c21-14(19-16(24)18-13-6-2-1-3-7-13)10-20-9-12-5-4-8-17(12,11-20)15(22)23;/h1-3,6-7,12H,4-5,8-11H2,(H,22,23)(H2,18,19,21,24);1H/t12-,17+;/m0./s1. The van der Waals surface area contributed by atoms with Crippen LogP contribution in [0, 0.1) is 11.3 Å². The lowest BCUT2D eigenvalue weighted by Crippen LogP contribution is -2.42. The number of halogens is 1. The molecule has 0 aromatic heterocycles. The number of anilines is 1. The molecule has 7 nitrogen and oxygen atoms in total. The number of carbonyl (C=O) groups is 3. The summed E-state index contributed by atoms with van der Waals surface area (Å²) in [5.74, 6) is -1.10. The van der Waals surface area contributed by atoms with Crippen LogP contribution >= 0.6 is 12.4 Å². The van der Waals surface area contributed by atoms with Crippen LogP contribution < -0.4 is 10.6 Å². The van der Waals surface area contributed by atoms with Crippen molar-refractivity contribution in [1.29, 1.82) is 0 Å². The van der Waals surface area contributed by atoms with Crippen molar-refractivity contribution in [2.24, 2.45) is 11.3 Å². The van der Waals surface area contributed by atoms with Gasteiger partial charge in [-0.1, -0.05) is 24.6 Å². The molecular weight excluding hydrogens is 346 g/mol. The van der Waals surface area contributed by atoms with E-state index in [1.165, 1.54) is 0 Å². The zero-order valence-electron chi connectivity index (χ0n) is 13.7. The van der Waals surface area contributed by atoms with Gasteiger partial charge in [-0.05, 0) is 30.9 Å². The van der Waals surface area contributed by atoms with Crippen LogP contribution in [-0.2, 0) is 9.59 Å². The van der Waals surface area contributed by atoms with Gasteiger partial charge >= 0.3 is 12.0 Å². The number of para-hydroxylation sites is 1. The second-order valence-corrected chi connectivity index (χ2v) is 6.59. The molecule has 25 heavy (non-hydrogen) atoms. The minimum absolute atomic E-state index is 0. The van der Waals surface area contributed by atoms with E-state index in [2.05, 4.69) is 10.6 Å². The molecular formula is C17H22ClN3O4. The van der Waals surface area contributed by atoms with Crippen LogP contribution in [0.1, 0.15) is 19.3 Å². The molecule has 2 atom stereocenters. The van der Waals surface area contributed by atoms with Gasteiger partial charge in [-0.3, -0.25) is 19.8 Å². The maximum Gasteiger partial charge on any atom is 0.325 e. The number of carbonyl (C=O) groups excluding carboxylic acids is 2. The van der Waals surface area contributed by atoms with Crippen LogP contribution in [0.4, 0.5) is 10.5 Å². The summed E-state index contributed by atoms with van der Waals surface area (Å²) in [6.45, 7) is 1.01. The molecule has 2 fully saturated rings. The minimum Gasteiger partial charge on any atom is -0.481 e. The van der Waals surface area contributed by atoms with Gasteiger partial charge in [-0.15, -0.1) is 12.4 Å². The van der Waals surface area contributed by atoms with E-state index in [9.17, 15) is 19.5 Å². The van der Waals surface area contributed by atoms with Gasteiger partial charge in [-0.25, -0.2) is 4.79 Å². The first-order chi connectivity index (χ1) is 11.5. The zero-order valence-corrected chi connectivity index (χ0v) is 14.6. The average molecular weight is 368 g/mol. The van der Waals surface area contributed by atoms with Gasteiger partial charge in [0.05, 0.1) is 12.0 Å². The molecule has 1 aliphatic carbocycles. The van der Waals surface area contributed by atoms with Gasteiger partial charge in [0.25, 0.3) is 0 Å². The lowest BCUT2D eigenvalue weighted by Gasteiger charge is -2.23. The quantitative estimate of drug-likeness (QED) is 0.755. The molecule has 1 saturated heterocycles. The number of fused-ring (bicyclic) bond motifs is 1. The molecule has 1 aromatic carbocycles. The number of urea groups is 1. The Bertz CT molecular complexity index is 655. The zero-order chi connectivity index (χ0) is 17.2. The Labute approximate surface area is 152 Å². The lowest BCUT2D eigenvalue weighted by atomic mass is 9.81. The van der Waals surface area contributed by atoms with E-state index in [0.29, 0.717) is 25.2 Å². The Morgan fingerprint density at radius 1 is 1.24 bits per heavy atom. The molecule has 1 saturated carbocycles. The number of carboxylic acids is 1. The summed E-state index contributed by atoms with van der Waals surface area (Å²) < 4.78 is 0. The maximum absolute atomic E-state index is 12.0. The Kier molecular flexibility index (Phi) is 6.02. The van der Waals surface area contributed by atoms with Gasteiger partial charge < -0.3 is 10.4 Å². The Balaban J connectivity index is 0.00000225. The van der Waals surface area contributed by atoms with Crippen molar-refractivity contribution < 1.29 is 19.5 Å². The highest BCUT2D eigenvalue weighted by molar-refractivity contribution is 6.01. The molecule has 8 heteroatoms. The normalized spacial score (nSPS) is 24.9. The number of amides is 3. The molecule has 0 radical (unpaired) electrons. The smallest absolute Gasteiger partial charge is 0.325 e. The summed E-state index contributed by atoms with van der Waals surface area (Å²) in [5.41, 5.74) is -0.115. The number of imide groups is 1. The van der Waals surface area contributed by atoms with Crippen molar-refractivity contribution >= 4 is 36.0 Å². The van der Waals surface area contributed by atoms with Crippen LogP contribution in [0.25, 0.3) is 0 Å². The molecule has 3 rings (SSSR count). The van der Waals surface area contributed by atoms with E-state index in [-0.39, 0.29) is 24.9 Å². The predicted octanol–water partition coefficient (Wildman–Crippen LogP) is 1.94. The minimum atomic E-state index is -0.769. The summed E-state index contributed by atoms with van der Waals surface area (Å²) in [4.78, 5) is 37.3. The van der Waals surface area contributed by atoms with Gasteiger partial charge in [0.15, 0.2) is 0 Å². The van der Waals surface area contributed by atoms with Crippen molar-refractivity contribution in [3.05, 3.63) is 30.3 Å². The predicted molar refractivity (Wildman–Crippen MR) is 94.7 cm³/mol. The first-order valence-electron chi connectivity index (χ1n) is 8.11. The highest BCUT2D eigenvalue weighted by Gasteiger charge is 2.54. The third-order valence-electron chi connectivity index (χ3n) is 5.02. The summed E-state index contributed by atoms with van der Waals surface area (Å²) in [6, 6.07) is 8.26. The van der Waals surface area contributed by atoms with Crippen molar-refractivity contribution in [2.45, 2.75) is 19.3 Å². The van der Waals surface area contributed by atoms with Crippen molar-refractivity contribution in [3.63, 3.8) is 0 Å². The molecule has 136 valence electrons. The van der Waals surface area contributed by atoms with Crippen LogP contribution in [0.2, 0.25) is 0 Å². The van der Waals surface area contributed by atoms with Crippen LogP contribution in [0.5, 0.6) is 0 Å². The van der Waals surface area contributed by atoms with Crippen molar-refractivity contribution in [3.8, 4) is 0 Å². The molecule has 1 aliphatic heterocycles. The monoisotopic (exact) mass is 367 g/mol. The van der Waals surface area contributed by atoms with E-state index in [1.807, 2.05) is 11.0 Å². The molecule has 2 aliphatic rings. The summed E-state index contributed by atoms with van der Waals surface area (Å²) >= 11 is 0. The van der Waals surface area contributed by atoms with E-state index in [0.717, 1.165) is 12.8 Å². The van der Waals surface area contributed by atoms with Crippen molar-refractivity contribution in [2.75, 3.05) is 25.0 Å². The number of hydrogen-bond acceptors (Lipinski definition) is 4. The largest absolute Gasteiger partial charge is 0.481 e. The molecule has 1 aromatic rings. The number of benzene rings is 1. The SMILES string of the molecule is Cl.O=C(CN1C[C@@H]2CCC[C@@]2(C(=O)O)C1)NC(=O)Nc1ccccc1. The van der Waals surface area contributed by atoms with Gasteiger partial charge in [0.1, 0.15) is 0 Å². The van der Waals surface area contributed by atoms with Crippen LogP contribution in [0.15, 0.2) is 30.3 Å². The third-order valence-corrected chi connectivity index (χ3v) is 5.02. The average Bonchev–Trinajstić information content (AvgIpc) is 3.05. The van der Waals surface area contributed by atoms with Gasteiger partial charge in [-0.2, -0.15) is 0 Å². The Morgan fingerprint density at radius 2 is 1.96 bits per heavy atom. The first-order valence-corrected chi connectivity index (χ1v) is 8.11. The topological polar surface area (TPSA) is 98.7 Å². The molecule has 3 N–H and O–H groups in total. The van der Waals surface area contributed by atoms with Crippen LogP contribution in [0.3, 0.4) is 0 Å². The molecule has 3 amide bonds. The van der Waals surface area contributed by atoms with Crippen molar-refractivity contribution in [1.82, 2.24) is 10.2 Å². The Hall–Kier alpha value is -2.12. The highest BCUT2D eigenvalue weighted by atomic mass is 35.5. The Morgan fingerprint density at radius 3 is 2.60 bits per heavy atom.